The van der Waals surface area contributed by atoms with Crippen LogP contribution in [0.2, 0.25) is 0 Å². The van der Waals surface area contributed by atoms with Crippen LogP contribution in [0.5, 0.6) is 0 Å². The number of likely N-dealkylation sites (N-methyl/N-ethyl adjacent to an activating group) is 1. The summed E-state index contributed by atoms with van der Waals surface area (Å²) < 4.78 is 38.3. The summed E-state index contributed by atoms with van der Waals surface area (Å²) in [6.07, 6.45) is -4.55. The maximum absolute atomic E-state index is 12.8. The maximum atomic E-state index is 12.8. The Morgan fingerprint density at radius 1 is 1.20 bits per heavy atom. The van der Waals surface area contributed by atoms with E-state index in [0.29, 0.717) is 26.2 Å². The Balaban J connectivity index is 2.27. The van der Waals surface area contributed by atoms with Crippen molar-refractivity contribution < 1.29 is 18.0 Å². The highest BCUT2D eigenvalue weighted by Crippen LogP contribution is 2.35. The number of nitrogens with zero attached hydrogens (tertiary/aromatic N) is 2. The van der Waals surface area contributed by atoms with Crippen LogP contribution in [0.1, 0.15) is 15.9 Å². The summed E-state index contributed by atoms with van der Waals surface area (Å²) in [5, 5.41) is 0. The summed E-state index contributed by atoms with van der Waals surface area (Å²) in [4.78, 5) is 15.9. The standard InChI is InChI=1S/C13H16F3N3O/c1-18-5-7-19(8-6-18)12(20)9-3-2-4-10(11(9)17)13(14,15)16/h2-4H,5-8,17H2,1H3. The van der Waals surface area contributed by atoms with E-state index >= 15 is 0 Å². The van der Waals surface area contributed by atoms with E-state index in [1.54, 1.807) is 0 Å². The molecule has 1 aromatic rings. The average Bonchev–Trinajstić information content (AvgIpc) is 2.37. The van der Waals surface area contributed by atoms with Crippen LogP contribution in [-0.2, 0) is 6.18 Å². The third-order valence-corrected chi connectivity index (χ3v) is 3.43. The smallest absolute Gasteiger partial charge is 0.398 e. The number of para-hydroxylation sites is 1. The average molecular weight is 287 g/mol. The zero-order chi connectivity index (χ0) is 14.9. The third-order valence-electron chi connectivity index (χ3n) is 3.43. The van der Waals surface area contributed by atoms with Gasteiger partial charge in [-0.15, -0.1) is 0 Å². The van der Waals surface area contributed by atoms with Crippen LogP contribution in [0.25, 0.3) is 0 Å². The van der Waals surface area contributed by atoms with E-state index in [4.69, 9.17) is 5.73 Å². The molecule has 1 aliphatic heterocycles. The Kier molecular flexibility index (Phi) is 3.89. The number of amides is 1. The first-order valence-corrected chi connectivity index (χ1v) is 6.24. The molecule has 1 aliphatic rings. The van der Waals surface area contributed by atoms with Gasteiger partial charge in [0.25, 0.3) is 5.91 Å². The Hall–Kier alpha value is -1.76. The summed E-state index contributed by atoms with van der Waals surface area (Å²) in [6.45, 7) is 2.38. The van der Waals surface area contributed by atoms with E-state index < -0.39 is 23.3 Å². The van der Waals surface area contributed by atoms with Gasteiger partial charge in [-0.3, -0.25) is 4.79 Å². The number of alkyl halides is 3. The van der Waals surface area contributed by atoms with Gasteiger partial charge in [0, 0.05) is 26.2 Å². The number of nitrogens with two attached hydrogens (primary N) is 1. The fraction of sp³-hybridized carbons (Fsp3) is 0.462. The molecule has 0 aliphatic carbocycles. The number of carbonyl (C=O) groups is 1. The lowest BCUT2D eigenvalue weighted by molar-refractivity contribution is -0.136. The quantitative estimate of drug-likeness (QED) is 0.799. The number of hydrogen-bond donors (Lipinski definition) is 1. The summed E-state index contributed by atoms with van der Waals surface area (Å²) in [7, 11) is 1.93. The van der Waals surface area contributed by atoms with Gasteiger partial charge in [-0.05, 0) is 19.2 Å². The number of piperazine rings is 1. The summed E-state index contributed by atoms with van der Waals surface area (Å²) in [5.41, 5.74) is 3.99. The molecular formula is C13H16F3N3O. The molecule has 0 radical (unpaired) electrons. The zero-order valence-corrected chi connectivity index (χ0v) is 11.1. The predicted molar refractivity (Wildman–Crippen MR) is 69.3 cm³/mol. The molecule has 1 fully saturated rings. The SMILES string of the molecule is CN1CCN(C(=O)c2cccc(C(F)(F)F)c2N)CC1. The molecule has 0 unspecified atom stereocenters. The van der Waals surface area contributed by atoms with Crippen LogP contribution in [0.3, 0.4) is 0 Å². The molecule has 0 aromatic heterocycles. The van der Waals surface area contributed by atoms with E-state index in [0.717, 1.165) is 6.07 Å². The molecule has 1 amide bonds. The molecule has 110 valence electrons. The third kappa shape index (κ3) is 2.87. The molecule has 0 saturated carbocycles. The summed E-state index contributed by atoms with van der Waals surface area (Å²) in [5.74, 6) is -0.443. The van der Waals surface area contributed by atoms with Crippen molar-refractivity contribution in [2.24, 2.45) is 0 Å². The van der Waals surface area contributed by atoms with E-state index in [9.17, 15) is 18.0 Å². The second-order valence-corrected chi connectivity index (χ2v) is 4.86. The molecule has 4 nitrogen and oxygen atoms in total. The molecule has 2 N–H and O–H groups in total. The van der Waals surface area contributed by atoms with Gasteiger partial charge >= 0.3 is 6.18 Å². The summed E-state index contributed by atoms with van der Waals surface area (Å²) in [6, 6.07) is 3.43. The Morgan fingerprint density at radius 2 is 1.80 bits per heavy atom. The minimum Gasteiger partial charge on any atom is -0.398 e. The molecule has 7 heteroatoms. The van der Waals surface area contributed by atoms with Crippen molar-refractivity contribution in [3.63, 3.8) is 0 Å². The van der Waals surface area contributed by atoms with Crippen molar-refractivity contribution in [2.45, 2.75) is 6.18 Å². The molecular weight excluding hydrogens is 271 g/mol. The molecule has 2 rings (SSSR count). The molecule has 1 saturated heterocycles. The van der Waals surface area contributed by atoms with Crippen LogP contribution in [0.15, 0.2) is 18.2 Å². The minimum absolute atomic E-state index is 0.0793. The minimum atomic E-state index is -4.55. The van der Waals surface area contributed by atoms with Gasteiger partial charge in [0.1, 0.15) is 0 Å². The van der Waals surface area contributed by atoms with Gasteiger partial charge in [-0.25, -0.2) is 0 Å². The molecule has 20 heavy (non-hydrogen) atoms. The zero-order valence-electron chi connectivity index (χ0n) is 11.1. The fourth-order valence-corrected chi connectivity index (χ4v) is 2.18. The monoisotopic (exact) mass is 287 g/mol. The summed E-state index contributed by atoms with van der Waals surface area (Å²) >= 11 is 0. The van der Waals surface area contributed by atoms with Gasteiger partial charge < -0.3 is 15.5 Å². The fourth-order valence-electron chi connectivity index (χ4n) is 2.18. The first-order chi connectivity index (χ1) is 9.30. The second-order valence-electron chi connectivity index (χ2n) is 4.86. The lowest BCUT2D eigenvalue weighted by Crippen LogP contribution is -2.47. The molecule has 0 atom stereocenters. The van der Waals surface area contributed by atoms with Crippen LogP contribution in [-0.4, -0.2) is 48.9 Å². The van der Waals surface area contributed by atoms with E-state index in [1.165, 1.54) is 17.0 Å². The van der Waals surface area contributed by atoms with E-state index in [2.05, 4.69) is 4.90 Å². The first kappa shape index (κ1) is 14.6. The van der Waals surface area contributed by atoms with Gasteiger partial charge in [0.05, 0.1) is 16.8 Å². The number of carbonyl (C=O) groups excluding carboxylic acids is 1. The van der Waals surface area contributed by atoms with Crippen molar-refractivity contribution in [1.29, 1.82) is 0 Å². The van der Waals surface area contributed by atoms with E-state index in [-0.39, 0.29) is 5.56 Å². The Bertz CT molecular complexity index is 508. The van der Waals surface area contributed by atoms with Crippen molar-refractivity contribution in [1.82, 2.24) is 9.80 Å². The topological polar surface area (TPSA) is 49.6 Å². The highest BCUT2D eigenvalue weighted by atomic mass is 19.4. The highest BCUT2D eigenvalue weighted by Gasteiger charge is 2.35. The number of nitrogen functional groups attached to an aromatic ring is 1. The first-order valence-electron chi connectivity index (χ1n) is 6.24. The van der Waals surface area contributed by atoms with Crippen LogP contribution < -0.4 is 5.73 Å². The number of rotatable bonds is 1. The number of hydrogen-bond acceptors (Lipinski definition) is 3. The number of halogens is 3. The van der Waals surface area contributed by atoms with E-state index in [1.807, 2.05) is 7.05 Å². The van der Waals surface area contributed by atoms with Gasteiger partial charge in [0.2, 0.25) is 0 Å². The maximum Gasteiger partial charge on any atom is 0.418 e. The van der Waals surface area contributed by atoms with Gasteiger partial charge in [0.15, 0.2) is 0 Å². The van der Waals surface area contributed by atoms with Gasteiger partial charge in [-0.2, -0.15) is 13.2 Å². The molecule has 1 aromatic carbocycles. The predicted octanol–water partition coefficient (Wildman–Crippen LogP) is 1.68. The van der Waals surface area contributed by atoms with Crippen molar-refractivity contribution in [3.05, 3.63) is 29.3 Å². The normalized spacial score (nSPS) is 17.3. The molecule has 0 spiro atoms. The van der Waals surface area contributed by atoms with Crippen molar-refractivity contribution in [3.8, 4) is 0 Å². The second kappa shape index (κ2) is 5.32. The lowest BCUT2D eigenvalue weighted by atomic mass is 10.1. The highest BCUT2D eigenvalue weighted by molar-refractivity contribution is 5.99. The van der Waals surface area contributed by atoms with Crippen LogP contribution in [0, 0.1) is 0 Å². The molecule has 1 heterocycles. The number of benzene rings is 1. The van der Waals surface area contributed by atoms with Crippen molar-refractivity contribution >= 4 is 11.6 Å². The van der Waals surface area contributed by atoms with Gasteiger partial charge in [-0.1, -0.05) is 6.07 Å². The molecule has 0 bridgehead atoms. The van der Waals surface area contributed by atoms with Crippen molar-refractivity contribution in [2.75, 3.05) is 39.0 Å². The van der Waals surface area contributed by atoms with Crippen LogP contribution >= 0.6 is 0 Å². The Morgan fingerprint density at radius 3 is 2.35 bits per heavy atom. The Labute approximate surface area is 114 Å². The largest absolute Gasteiger partial charge is 0.418 e. The number of anilines is 1. The lowest BCUT2D eigenvalue weighted by Gasteiger charge is -2.32. The van der Waals surface area contributed by atoms with Crippen LogP contribution in [0.4, 0.5) is 18.9 Å².